The average molecular weight is 505 g/mol. The lowest BCUT2D eigenvalue weighted by Gasteiger charge is -2.40. The van der Waals surface area contributed by atoms with Crippen molar-refractivity contribution in [1.82, 2.24) is 4.90 Å². The molecular formula is C30H34NO6-. The van der Waals surface area contributed by atoms with E-state index in [0.29, 0.717) is 39.4 Å². The molecule has 0 saturated carbocycles. The highest BCUT2D eigenvalue weighted by atomic mass is 16.5. The van der Waals surface area contributed by atoms with Crippen LogP contribution in [-0.2, 0) is 22.7 Å². The van der Waals surface area contributed by atoms with Gasteiger partial charge in [-0.2, -0.15) is 0 Å². The SMILES string of the molecule is COc1cccc(COC2CN(C(=O)[O-])CCC2c2ccc(OCCCOCc3ccccc3)cc2)c1. The van der Waals surface area contributed by atoms with Crippen LogP contribution in [0.4, 0.5) is 4.79 Å². The van der Waals surface area contributed by atoms with Crippen LogP contribution in [0.2, 0.25) is 0 Å². The highest BCUT2D eigenvalue weighted by Crippen LogP contribution is 2.32. The van der Waals surface area contributed by atoms with Gasteiger partial charge in [-0.1, -0.05) is 54.6 Å². The van der Waals surface area contributed by atoms with Gasteiger partial charge in [-0.25, -0.2) is 0 Å². The summed E-state index contributed by atoms with van der Waals surface area (Å²) >= 11 is 0. The van der Waals surface area contributed by atoms with Crippen LogP contribution in [0, 0.1) is 0 Å². The molecule has 4 rings (SSSR count). The van der Waals surface area contributed by atoms with Gasteiger partial charge in [0.2, 0.25) is 0 Å². The zero-order valence-electron chi connectivity index (χ0n) is 21.2. The Kier molecular flexibility index (Phi) is 9.80. The molecule has 1 aliphatic heterocycles. The molecule has 3 aromatic rings. The summed E-state index contributed by atoms with van der Waals surface area (Å²) in [6.07, 6.45) is 0.0166. The molecule has 0 aliphatic carbocycles. The number of hydrogen-bond acceptors (Lipinski definition) is 6. The van der Waals surface area contributed by atoms with E-state index in [0.717, 1.165) is 34.6 Å². The smallest absolute Gasteiger partial charge is 0.137 e. The fourth-order valence-corrected chi connectivity index (χ4v) is 4.52. The van der Waals surface area contributed by atoms with Gasteiger partial charge in [-0.15, -0.1) is 0 Å². The van der Waals surface area contributed by atoms with Crippen molar-refractivity contribution in [2.24, 2.45) is 0 Å². The molecule has 0 spiro atoms. The van der Waals surface area contributed by atoms with Crippen LogP contribution in [-0.4, -0.2) is 50.5 Å². The van der Waals surface area contributed by atoms with Crippen molar-refractivity contribution in [3.05, 3.63) is 95.6 Å². The minimum absolute atomic E-state index is 0.0710. The first-order chi connectivity index (χ1) is 18.1. The summed E-state index contributed by atoms with van der Waals surface area (Å²) in [6, 6.07) is 25.8. The molecule has 7 heteroatoms. The number of methoxy groups -OCH3 is 1. The number of likely N-dealkylation sites (tertiary alicyclic amines) is 1. The van der Waals surface area contributed by atoms with E-state index >= 15 is 0 Å². The second kappa shape index (κ2) is 13.7. The molecule has 0 N–H and O–H groups in total. The summed E-state index contributed by atoms with van der Waals surface area (Å²) in [6.45, 7) is 2.88. The van der Waals surface area contributed by atoms with Gasteiger partial charge in [0.25, 0.3) is 0 Å². The molecule has 0 aromatic heterocycles. The summed E-state index contributed by atoms with van der Waals surface area (Å²) < 4.78 is 23.1. The highest BCUT2D eigenvalue weighted by Gasteiger charge is 2.31. The lowest BCUT2D eigenvalue weighted by atomic mass is 9.87. The maximum atomic E-state index is 11.5. The number of piperidine rings is 1. The Morgan fingerprint density at radius 3 is 2.46 bits per heavy atom. The molecular weight excluding hydrogens is 470 g/mol. The zero-order valence-corrected chi connectivity index (χ0v) is 21.2. The number of hydrogen-bond donors (Lipinski definition) is 0. The molecule has 1 heterocycles. The van der Waals surface area contributed by atoms with E-state index in [1.54, 1.807) is 7.11 Å². The lowest BCUT2D eigenvalue weighted by Crippen LogP contribution is -2.51. The van der Waals surface area contributed by atoms with Crippen molar-refractivity contribution in [1.29, 1.82) is 0 Å². The van der Waals surface area contributed by atoms with E-state index in [-0.39, 0.29) is 18.6 Å². The number of carboxylic acid groups (broad SMARTS) is 1. The van der Waals surface area contributed by atoms with Crippen LogP contribution in [0.15, 0.2) is 78.9 Å². The quantitative estimate of drug-likeness (QED) is 0.340. The van der Waals surface area contributed by atoms with Crippen molar-refractivity contribution < 1.29 is 28.8 Å². The number of amides is 1. The first kappa shape index (κ1) is 26.5. The molecule has 1 fully saturated rings. The first-order valence-corrected chi connectivity index (χ1v) is 12.7. The van der Waals surface area contributed by atoms with E-state index in [1.807, 2.05) is 66.7 Å². The third kappa shape index (κ3) is 7.97. The van der Waals surface area contributed by atoms with Crippen LogP contribution in [0.25, 0.3) is 0 Å². The molecule has 196 valence electrons. The Hall–Kier alpha value is -3.55. The number of nitrogens with zero attached hydrogens (tertiary/aromatic N) is 1. The summed E-state index contributed by atoms with van der Waals surface area (Å²) in [7, 11) is 1.63. The first-order valence-electron chi connectivity index (χ1n) is 12.7. The number of rotatable bonds is 12. The van der Waals surface area contributed by atoms with E-state index < -0.39 is 6.09 Å². The molecule has 0 bridgehead atoms. The predicted molar refractivity (Wildman–Crippen MR) is 139 cm³/mol. The van der Waals surface area contributed by atoms with Crippen molar-refractivity contribution in [3.63, 3.8) is 0 Å². The maximum absolute atomic E-state index is 11.5. The minimum Gasteiger partial charge on any atom is -0.530 e. The molecule has 1 saturated heterocycles. The average Bonchev–Trinajstić information content (AvgIpc) is 2.94. The summed E-state index contributed by atoms with van der Waals surface area (Å²) in [5.41, 5.74) is 3.24. The molecule has 7 nitrogen and oxygen atoms in total. The second-order valence-corrected chi connectivity index (χ2v) is 9.12. The topological polar surface area (TPSA) is 80.3 Å². The van der Waals surface area contributed by atoms with E-state index in [2.05, 4.69) is 12.1 Å². The van der Waals surface area contributed by atoms with Crippen molar-refractivity contribution in [3.8, 4) is 11.5 Å². The number of carbonyl (C=O) groups is 1. The fourth-order valence-electron chi connectivity index (χ4n) is 4.52. The zero-order chi connectivity index (χ0) is 25.9. The Balaban J connectivity index is 1.28. The minimum atomic E-state index is -1.16. The molecule has 1 amide bonds. The van der Waals surface area contributed by atoms with Gasteiger partial charge >= 0.3 is 0 Å². The molecule has 37 heavy (non-hydrogen) atoms. The van der Waals surface area contributed by atoms with Gasteiger partial charge < -0.3 is 33.7 Å². The van der Waals surface area contributed by atoms with Gasteiger partial charge in [0.15, 0.2) is 0 Å². The Labute approximate surface area is 218 Å². The van der Waals surface area contributed by atoms with E-state index in [4.69, 9.17) is 18.9 Å². The van der Waals surface area contributed by atoms with E-state index in [1.165, 1.54) is 4.90 Å². The van der Waals surface area contributed by atoms with Crippen molar-refractivity contribution in [2.45, 2.75) is 38.1 Å². The molecule has 3 aromatic carbocycles. The largest absolute Gasteiger partial charge is 0.530 e. The normalized spacial score (nSPS) is 17.4. The standard InChI is InChI=1S/C30H35NO6/c1-34-27-10-5-9-24(19-27)22-37-29-20-31(30(32)33)16-15-28(29)25-11-13-26(14-12-25)36-18-6-17-35-21-23-7-3-2-4-8-23/h2-5,7-14,19,28-29H,6,15-18,20-22H2,1H3,(H,32,33)/p-1. The van der Waals surface area contributed by atoms with Crippen LogP contribution >= 0.6 is 0 Å². The molecule has 2 atom stereocenters. The van der Waals surface area contributed by atoms with Crippen LogP contribution < -0.4 is 14.6 Å². The maximum Gasteiger partial charge on any atom is 0.137 e. The molecule has 2 unspecified atom stereocenters. The van der Waals surface area contributed by atoms with Gasteiger partial charge in [0.1, 0.15) is 17.6 Å². The van der Waals surface area contributed by atoms with E-state index in [9.17, 15) is 9.90 Å². The van der Waals surface area contributed by atoms with Gasteiger partial charge in [0.05, 0.1) is 39.6 Å². The molecule has 0 radical (unpaired) electrons. The highest BCUT2D eigenvalue weighted by molar-refractivity contribution is 5.62. The van der Waals surface area contributed by atoms with Crippen LogP contribution in [0.1, 0.15) is 35.4 Å². The monoisotopic (exact) mass is 504 g/mol. The summed E-state index contributed by atoms with van der Waals surface area (Å²) in [5, 5.41) is 11.5. The number of benzene rings is 3. The Morgan fingerprint density at radius 2 is 1.70 bits per heavy atom. The number of carbonyl (C=O) groups excluding carboxylic acids is 1. The Bertz CT molecular complexity index is 1100. The lowest BCUT2D eigenvalue weighted by molar-refractivity contribution is -0.268. The summed E-state index contributed by atoms with van der Waals surface area (Å²) in [5.74, 6) is 1.63. The third-order valence-corrected chi connectivity index (χ3v) is 6.54. The van der Waals surface area contributed by atoms with Gasteiger partial charge in [-0.3, -0.25) is 0 Å². The number of ether oxygens (including phenoxy) is 4. The Morgan fingerprint density at radius 1 is 0.919 bits per heavy atom. The van der Waals surface area contributed by atoms with Crippen molar-refractivity contribution >= 4 is 6.09 Å². The van der Waals surface area contributed by atoms with Gasteiger partial charge in [0, 0.05) is 25.4 Å². The van der Waals surface area contributed by atoms with Crippen LogP contribution in [0.3, 0.4) is 0 Å². The third-order valence-electron chi connectivity index (χ3n) is 6.54. The molecule has 1 aliphatic rings. The predicted octanol–water partition coefficient (Wildman–Crippen LogP) is 4.40. The van der Waals surface area contributed by atoms with Crippen LogP contribution in [0.5, 0.6) is 11.5 Å². The van der Waals surface area contributed by atoms with Crippen molar-refractivity contribution in [2.75, 3.05) is 33.4 Å². The fraction of sp³-hybridized carbons (Fsp3) is 0.367. The summed E-state index contributed by atoms with van der Waals surface area (Å²) in [4.78, 5) is 12.8. The van der Waals surface area contributed by atoms with Gasteiger partial charge in [-0.05, 0) is 47.4 Å². The second-order valence-electron chi connectivity index (χ2n) is 9.12.